The van der Waals surface area contributed by atoms with E-state index in [0.29, 0.717) is 22.9 Å². The number of nitrogens with zero attached hydrogens (tertiary/aromatic N) is 2. The molecule has 0 saturated heterocycles. The number of non-ortho nitro benzene ring substituents is 1. The Bertz CT molecular complexity index is 934. The third kappa shape index (κ3) is 4.96. The lowest BCUT2D eigenvalue weighted by atomic mass is 10.2. The monoisotopic (exact) mass is 368 g/mol. The predicted molar refractivity (Wildman–Crippen MR) is 98.6 cm³/mol. The number of methoxy groups -OCH3 is 2. The molecule has 1 amide bonds. The number of amides is 1. The largest absolute Gasteiger partial charge is 0.493 e. The first-order valence-electron chi connectivity index (χ1n) is 7.63. The highest BCUT2D eigenvalue weighted by atomic mass is 16.6. The van der Waals surface area contributed by atoms with Gasteiger partial charge in [0.05, 0.1) is 19.1 Å². The summed E-state index contributed by atoms with van der Waals surface area (Å²) in [5.74, 6) is 0.272. The third-order valence-electron chi connectivity index (χ3n) is 3.45. The Labute approximate surface area is 155 Å². The van der Waals surface area contributed by atoms with Crippen LogP contribution in [0.5, 0.6) is 11.5 Å². The second-order valence-electron chi connectivity index (χ2n) is 5.15. The van der Waals surface area contributed by atoms with E-state index in [1.807, 2.05) is 0 Å². The van der Waals surface area contributed by atoms with Gasteiger partial charge < -0.3 is 20.1 Å². The number of rotatable bonds is 7. The summed E-state index contributed by atoms with van der Waals surface area (Å²) in [7, 11) is 2.96. The van der Waals surface area contributed by atoms with Crippen LogP contribution in [-0.2, 0) is 4.79 Å². The summed E-state index contributed by atoms with van der Waals surface area (Å²) in [6.07, 6.45) is 1.18. The minimum absolute atomic E-state index is 0.110. The first kappa shape index (κ1) is 19.3. The highest BCUT2D eigenvalue weighted by Crippen LogP contribution is 2.29. The van der Waals surface area contributed by atoms with Crippen LogP contribution in [-0.4, -0.2) is 25.1 Å². The topological polar surface area (TPSA) is 127 Å². The van der Waals surface area contributed by atoms with Crippen molar-refractivity contribution in [2.45, 2.75) is 0 Å². The molecule has 0 unspecified atom stereocenters. The molecule has 0 aliphatic rings. The standard InChI is InChI=1S/C18H16N4O5/c1-26-16-7-6-14(9-17(16)27-2)21-18(23)12(10-19)11-20-13-4-3-5-15(8-13)22(24)25/h3-9,11,20H,1-2H3,(H,21,23)/b12-11-. The highest BCUT2D eigenvalue weighted by molar-refractivity contribution is 6.06. The highest BCUT2D eigenvalue weighted by Gasteiger charge is 2.12. The van der Waals surface area contributed by atoms with E-state index >= 15 is 0 Å². The third-order valence-corrected chi connectivity index (χ3v) is 3.45. The first-order chi connectivity index (χ1) is 13.0. The SMILES string of the molecule is COc1ccc(NC(=O)/C(C#N)=C\Nc2cccc([N+](=O)[O-])c2)cc1OC. The summed E-state index contributed by atoms with van der Waals surface area (Å²) >= 11 is 0. The quantitative estimate of drug-likeness (QED) is 0.333. The molecular weight excluding hydrogens is 352 g/mol. The Hall–Kier alpha value is -4.06. The summed E-state index contributed by atoms with van der Waals surface area (Å²) in [6, 6.07) is 12.2. The molecule has 2 aromatic rings. The van der Waals surface area contributed by atoms with Crippen molar-refractivity contribution in [2.24, 2.45) is 0 Å². The average Bonchev–Trinajstić information content (AvgIpc) is 2.68. The molecule has 27 heavy (non-hydrogen) atoms. The van der Waals surface area contributed by atoms with Crippen molar-refractivity contribution in [3.63, 3.8) is 0 Å². The maximum Gasteiger partial charge on any atom is 0.271 e. The molecule has 9 nitrogen and oxygen atoms in total. The van der Waals surface area contributed by atoms with Gasteiger partial charge in [0.25, 0.3) is 11.6 Å². The van der Waals surface area contributed by atoms with Gasteiger partial charge in [-0.15, -0.1) is 0 Å². The fourth-order valence-corrected chi connectivity index (χ4v) is 2.13. The molecule has 2 rings (SSSR count). The first-order valence-corrected chi connectivity index (χ1v) is 7.63. The van der Waals surface area contributed by atoms with Crippen molar-refractivity contribution in [1.29, 1.82) is 5.26 Å². The number of nitrogens with one attached hydrogen (secondary N) is 2. The van der Waals surface area contributed by atoms with E-state index in [0.717, 1.165) is 0 Å². The maximum absolute atomic E-state index is 12.3. The van der Waals surface area contributed by atoms with Crippen LogP contribution in [0, 0.1) is 21.4 Å². The number of hydrogen-bond acceptors (Lipinski definition) is 7. The zero-order chi connectivity index (χ0) is 19.8. The van der Waals surface area contributed by atoms with Crippen molar-refractivity contribution in [2.75, 3.05) is 24.9 Å². The van der Waals surface area contributed by atoms with E-state index in [2.05, 4.69) is 10.6 Å². The number of nitro groups is 1. The van der Waals surface area contributed by atoms with Crippen LogP contribution in [0.2, 0.25) is 0 Å². The van der Waals surface area contributed by atoms with E-state index in [1.54, 1.807) is 30.3 Å². The molecule has 2 aromatic carbocycles. The van der Waals surface area contributed by atoms with Gasteiger partial charge in [-0.25, -0.2) is 0 Å². The molecular formula is C18H16N4O5. The number of nitriles is 1. The molecule has 0 heterocycles. The minimum Gasteiger partial charge on any atom is -0.493 e. The summed E-state index contributed by atoms with van der Waals surface area (Å²) in [5, 5.41) is 25.3. The molecule has 0 fully saturated rings. The van der Waals surface area contributed by atoms with Gasteiger partial charge in [0.1, 0.15) is 11.6 Å². The van der Waals surface area contributed by atoms with Crippen LogP contribution >= 0.6 is 0 Å². The summed E-state index contributed by atoms with van der Waals surface area (Å²) < 4.78 is 10.3. The molecule has 0 aliphatic carbocycles. The lowest BCUT2D eigenvalue weighted by molar-refractivity contribution is -0.384. The number of carbonyl (C=O) groups is 1. The molecule has 0 atom stereocenters. The van der Waals surface area contributed by atoms with E-state index in [9.17, 15) is 20.2 Å². The van der Waals surface area contributed by atoms with E-state index in [-0.39, 0.29) is 11.3 Å². The van der Waals surface area contributed by atoms with Gasteiger partial charge >= 0.3 is 0 Å². The van der Waals surface area contributed by atoms with E-state index in [1.165, 1.54) is 38.6 Å². The summed E-state index contributed by atoms with van der Waals surface area (Å²) in [4.78, 5) is 22.5. The van der Waals surface area contributed by atoms with Crippen molar-refractivity contribution in [3.8, 4) is 17.6 Å². The Kier molecular flexibility index (Phi) is 6.33. The Morgan fingerprint density at radius 1 is 1.15 bits per heavy atom. The fraction of sp³-hybridized carbons (Fsp3) is 0.111. The fourth-order valence-electron chi connectivity index (χ4n) is 2.13. The molecule has 9 heteroatoms. The second kappa shape index (κ2) is 8.87. The molecule has 0 radical (unpaired) electrons. The Balaban J connectivity index is 2.14. The van der Waals surface area contributed by atoms with Gasteiger partial charge in [-0.2, -0.15) is 5.26 Å². The molecule has 0 spiro atoms. The number of anilines is 2. The summed E-state index contributed by atoms with van der Waals surface area (Å²) in [5.41, 5.74) is 0.461. The van der Waals surface area contributed by atoms with E-state index < -0.39 is 10.8 Å². The average molecular weight is 368 g/mol. The predicted octanol–water partition coefficient (Wildman–Crippen LogP) is 3.07. The van der Waals surface area contributed by atoms with Crippen molar-refractivity contribution < 1.29 is 19.2 Å². The van der Waals surface area contributed by atoms with Crippen molar-refractivity contribution in [3.05, 3.63) is 64.4 Å². The Morgan fingerprint density at radius 2 is 1.89 bits per heavy atom. The van der Waals surface area contributed by atoms with Crippen LogP contribution in [0.3, 0.4) is 0 Å². The van der Waals surface area contributed by atoms with Gasteiger partial charge in [0, 0.05) is 35.8 Å². The number of ether oxygens (including phenoxy) is 2. The number of nitro benzene ring substituents is 1. The summed E-state index contributed by atoms with van der Waals surface area (Å²) in [6.45, 7) is 0. The lowest BCUT2D eigenvalue weighted by Crippen LogP contribution is -2.14. The van der Waals surface area contributed by atoms with Crippen molar-refractivity contribution >= 4 is 23.0 Å². The van der Waals surface area contributed by atoms with Gasteiger partial charge in [0.15, 0.2) is 11.5 Å². The van der Waals surface area contributed by atoms with Gasteiger partial charge in [-0.1, -0.05) is 6.07 Å². The van der Waals surface area contributed by atoms with Crippen LogP contribution in [0.4, 0.5) is 17.1 Å². The molecule has 0 aromatic heterocycles. The van der Waals surface area contributed by atoms with E-state index in [4.69, 9.17) is 9.47 Å². The van der Waals surface area contributed by atoms with Crippen LogP contribution in [0.15, 0.2) is 54.2 Å². The lowest BCUT2D eigenvalue weighted by Gasteiger charge is -2.10. The van der Waals surface area contributed by atoms with Crippen LogP contribution < -0.4 is 20.1 Å². The van der Waals surface area contributed by atoms with Crippen LogP contribution in [0.1, 0.15) is 0 Å². The van der Waals surface area contributed by atoms with Gasteiger partial charge in [0.2, 0.25) is 0 Å². The van der Waals surface area contributed by atoms with Gasteiger partial charge in [-0.3, -0.25) is 14.9 Å². The molecule has 2 N–H and O–H groups in total. The molecule has 138 valence electrons. The maximum atomic E-state index is 12.3. The smallest absolute Gasteiger partial charge is 0.271 e. The normalized spacial score (nSPS) is 10.5. The zero-order valence-electron chi connectivity index (χ0n) is 14.6. The zero-order valence-corrected chi connectivity index (χ0v) is 14.6. The van der Waals surface area contributed by atoms with Gasteiger partial charge in [-0.05, 0) is 18.2 Å². The minimum atomic E-state index is -0.650. The van der Waals surface area contributed by atoms with Crippen molar-refractivity contribution in [1.82, 2.24) is 0 Å². The number of carbonyl (C=O) groups excluding carboxylic acids is 1. The number of benzene rings is 2. The molecule has 0 bridgehead atoms. The molecule has 0 saturated carbocycles. The Morgan fingerprint density at radius 3 is 2.52 bits per heavy atom. The number of hydrogen-bond donors (Lipinski definition) is 2. The van der Waals surface area contributed by atoms with Crippen LogP contribution in [0.25, 0.3) is 0 Å². The molecule has 0 aliphatic heterocycles. The second-order valence-corrected chi connectivity index (χ2v) is 5.15.